The molecule has 0 spiro atoms. The number of hydrogen-bond acceptors (Lipinski definition) is 4. The molecule has 0 saturated heterocycles. The standard InChI is InChI=1S/C10H17N3O/c1-7-5-9(13-8(2)12-7)14-6-10(3,4)11/h5H,6,11H2,1-4H3. The van der Waals surface area contributed by atoms with E-state index in [1.54, 1.807) is 6.07 Å². The van der Waals surface area contributed by atoms with E-state index < -0.39 is 0 Å². The van der Waals surface area contributed by atoms with Gasteiger partial charge in [0.1, 0.15) is 12.4 Å². The highest BCUT2D eigenvalue weighted by atomic mass is 16.5. The van der Waals surface area contributed by atoms with Crippen LogP contribution in [-0.2, 0) is 0 Å². The minimum atomic E-state index is -0.341. The van der Waals surface area contributed by atoms with Crippen LogP contribution in [0.4, 0.5) is 0 Å². The summed E-state index contributed by atoms with van der Waals surface area (Å²) >= 11 is 0. The summed E-state index contributed by atoms with van der Waals surface area (Å²) in [6, 6.07) is 1.80. The van der Waals surface area contributed by atoms with Gasteiger partial charge in [0.15, 0.2) is 0 Å². The van der Waals surface area contributed by atoms with Crippen molar-refractivity contribution in [1.29, 1.82) is 0 Å². The summed E-state index contributed by atoms with van der Waals surface area (Å²) in [4.78, 5) is 8.30. The summed E-state index contributed by atoms with van der Waals surface area (Å²) in [6.45, 7) is 8.02. The molecule has 0 aliphatic heterocycles. The summed E-state index contributed by atoms with van der Waals surface area (Å²) in [5.74, 6) is 1.31. The van der Waals surface area contributed by atoms with Crippen LogP contribution in [0.2, 0.25) is 0 Å². The van der Waals surface area contributed by atoms with Crippen LogP contribution in [0.25, 0.3) is 0 Å². The first-order chi connectivity index (χ1) is 6.37. The zero-order chi connectivity index (χ0) is 10.8. The molecule has 0 aromatic carbocycles. The first-order valence-electron chi connectivity index (χ1n) is 4.61. The monoisotopic (exact) mass is 195 g/mol. The molecule has 0 atom stereocenters. The van der Waals surface area contributed by atoms with Gasteiger partial charge >= 0.3 is 0 Å². The minimum Gasteiger partial charge on any atom is -0.476 e. The van der Waals surface area contributed by atoms with Gasteiger partial charge in [0.25, 0.3) is 0 Å². The van der Waals surface area contributed by atoms with Crippen LogP contribution in [0, 0.1) is 13.8 Å². The zero-order valence-corrected chi connectivity index (χ0v) is 9.16. The van der Waals surface area contributed by atoms with E-state index in [0.29, 0.717) is 12.5 Å². The van der Waals surface area contributed by atoms with Gasteiger partial charge in [-0.25, -0.2) is 4.98 Å². The van der Waals surface area contributed by atoms with Crippen molar-refractivity contribution in [2.45, 2.75) is 33.2 Å². The Morgan fingerprint density at radius 3 is 2.50 bits per heavy atom. The van der Waals surface area contributed by atoms with Gasteiger partial charge in [-0.1, -0.05) is 0 Å². The lowest BCUT2D eigenvalue weighted by Gasteiger charge is -2.18. The van der Waals surface area contributed by atoms with E-state index in [1.165, 1.54) is 0 Å². The number of rotatable bonds is 3. The lowest BCUT2D eigenvalue weighted by Crippen LogP contribution is -2.38. The van der Waals surface area contributed by atoms with Gasteiger partial charge in [0.05, 0.1) is 0 Å². The fourth-order valence-electron chi connectivity index (χ4n) is 1.02. The third kappa shape index (κ3) is 3.70. The highest BCUT2D eigenvalue weighted by Crippen LogP contribution is 2.10. The summed E-state index contributed by atoms with van der Waals surface area (Å²) in [5, 5.41) is 0. The lowest BCUT2D eigenvalue weighted by atomic mass is 10.1. The van der Waals surface area contributed by atoms with Crippen molar-refractivity contribution in [2.75, 3.05) is 6.61 Å². The predicted octanol–water partition coefficient (Wildman–Crippen LogP) is 1.21. The molecule has 4 nitrogen and oxygen atoms in total. The largest absolute Gasteiger partial charge is 0.476 e. The molecule has 0 aliphatic carbocycles. The first kappa shape index (κ1) is 10.9. The van der Waals surface area contributed by atoms with Gasteiger partial charge in [-0.2, -0.15) is 4.98 Å². The third-order valence-electron chi connectivity index (χ3n) is 1.53. The lowest BCUT2D eigenvalue weighted by molar-refractivity contribution is 0.234. The van der Waals surface area contributed by atoms with Crippen molar-refractivity contribution in [3.05, 3.63) is 17.6 Å². The average molecular weight is 195 g/mol. The highest BCUT2D eigenvalue weighted by Gasteiger charge is 2.12. The number of nitrogens with two attached hydrogens (primary N) is 1. The van der Waals surface area contributed by atoms with Crippen LogP contribution in [0.3, 0.4) is 0 Å². The van der Waals surface area contributed by atoms with Crippen molar-refractivity contribution in [3.8, 4) is 5.88 Å². The molecule has 0 amide bonds. The molecule has 0 saturated carbocycles. The van der Waals surface area contributed by atoms with Crippen molar-refractivity contribution in [2.24, 2.45) is 5.73 Å². The van der Waals surface area contributed by atoms with Gasteiger partial charge in [0.2, 0.25) is 5.88 Å². The van der Waals surface area contributed by atoms with E-state index in [4.69, 9.17) is 10.5 Å². The number of aromatic nitrogens is 2. The molecule has 1 aromatic heterocycles. The van der Waals surface area contributed by atoms with E-state index in [9.17, 15) is 0 Å². The molecule has 0 unspecified atom stereocenters. The normalized spacial score (nSPS) is 11.5. The molecular formula is C10H17N3O. The Morgan fingerprint density at radius 2 is 2.00 bits per heavy atom. The summed E-state index contributed by atoms with van der Waals surface area (Å²) in [6.07, 6.45) is 0. The van der Waals surface area contributed by atoms with Crippen LogP contribution < -0.4 is 10.5 Å². The van der Waals surface area contributed by atoms with E-state index >= 15 is 0 Å². The minimum absolute atomic E-state index is 0.341. The Labute approximate surface area is 84.5 Å². The quantitative estimate of drug-likeness (QED) is 0.787. The fraction of sp³-hybridized carbons (Fsp3) is 0.600. The second kappa shape index (κ2) is 3.92. The van der Waals surface area contributed by atoms with Crippen molar-refractivity contribution < 1.29 is 4.74 Å². The van der Waals surface area contributed by atoms with Crippen LogP contribution in [0.1, 0.15) is 25.4 Å². The van der Waals surface area contributed by atoms with Crippen LogP contribution in [0.15, 0.2) is 6.07 Å². The number of aryl methyl sites for hydroxylation is 2. The van der Waals surface area contributed by atoms with Gasteiger partial charge in [-0.05, 0) is 27.7 Å². The maximum absolute atomic E-state index is 5.79. The SMILES string of the molecule is Cc1cc(OCC(C)(C)N)nc(C)n1. The van der Waals surface area contributed by atoms with Crippen molar-refractivity contribution >= 4 is 0 Å². The van der Waals surface area contributed by atoms with Gasteiger partial charge in [0, 0.05) is 17.3 Å². The topological polar surface area (TPSA) is 61.0 Å². The van der Waals surface area contributed by atoms with Gasteiger partial charge in [-0.3, -0.25) is 0 Å². The Balaban J connectivity index is 2.68. The molecular weight excluding hydrogens is 178 g/mol. The molecule has 14 heavy (non-hydrogen) atoms. The average Bonchev–Trinajstić information content (AvgIpc) is 1.97. The maximum Gasteiger partial charge on any atom is 0.216 e. The Kier molecular flexibility index (Phi) is 3.06. The summed E-state index contributed by atoms with van der Waals surface area (Å²) < 4.78 is 5.46. The van der Waals surface area contributed by atoms with E-state index in [1.807, 2.05) is 27.7 Å². The molecule has 0 radical (unpaired) electrons. The number of hydrogen-bond donors (Lipinski definition) is 1. The first-order valence-corrected chi connectivity index (χ1v) is 4.61. The van der Waals surface area contributed by atoms with Gasteiger partial charge < -0.3 is 10.5 Å². The van der Waals surface area contributed by atoms with Crippen LogP contribution in [-0.4, -0.2) is 22.1 Å². The number of ether oxygens (including phenoxy) is 1. The molecule has 4 heteroatoms. The second-order valence-corrected chi connectivity index (χ2v) is 4.17. The van der Waals surface area contributed by atoms with E-state index in [2.05, 4.69) is 9.97 Å². The fourth-order valence-corrected chi connectivity index (χ4v) is 1.02. The second-order valence-electron chi connectivity index (χ2n) is 4.17. The molecule has 0 bridgehead atoms. The summed E-state index contributed by atoms with van der Waals surface area (Å²) in [5.41, 5.74) is 6.36. The van der Waals surface area contributed by atoms with Crippen LogP contribution in [0.5, 0.6) is 5.88 Å². The smallest absolute Gasteiger partial charge is 0.216 e. The molecule has 0 aliphatic rings. The summed E-state index contributed by atoms with van der Waals surface area (Å²) in [7, 11) is 0. The van der Waals surface area contributed by atoms with Gasteiger partial charge in [-0.15, -0.1) is 0 Å². The molecule has 1 heterocycles. The van der Waals surface area contributed by atoms with Crippen LogP contribution >= 0.6 is 0 Å². The number of nitrogens with zero attached hydrogens (tertiary/aromatic N) is 2. The van der Waals surface area contributed by atoms with Crippen molar-refractivity contribution in [1.82, 2.24) is 9.97 Å². The predicted molar refractivity (Wildman–Crippen MR) is 55.3 cm³/mol. The Hall–Kier alpha value is -1.16. The molecule has 1 rings (SSSR count). The zero-order valence-electron chi connectivity index (χ0n) is 9.16. The highest BCUT2D eigenvalue weighted by molar-refractivity contribution is 5.14. The third-order valence-corrected chi connectivity index (χ3v) is 1.53. The molecule has 78 valence electrons. The molecule has 1 aromatic rings. The maximum atomic E-state index is 5.79. The Morgan fingerprint density at radius 1 is 1.36 bits per heavy atom. The Bertz CT molecular complexity index is 297. The molecule has 0 fully saturated rings. The van der Waals surface area contributed by atoms with Crippen molar-refractivity contribution in [3.63, 3.8) is 0 Å². The molecule has 2 N–H and O–H groups in total. The van der Waals surface area contributed by atoms with E-state index in [-0.39, 0.29) is 5.54 Å². The van der Waals surface area contributed by atoms with E-state index in [0.717, 1.165) is 11.5 Å².